The van der Waals surface area contributed by atoms with Crippen LogP contribution in [0, 0.1) is 11.6 Å². The molecule has 0 spiro atoms. The van der Waals surface area contributed by atoms with Gasteiger partial charge in [0.25, 0.3) is 0 Å². The summed E-state index contributed by atoms with van der Waals surface area (Å²) in [6.45, 7) is 4.02. The molecule has 8 nitrogen and oxygen atoms in total. The summed E-state index contributed by atoms with van der Waals surface area (Å²) in [7, 11) is 2.13. The van der Waals surface area contributed by atoms with E-state index >= 15 is 0 Å². The van der Waals surface area contributed by atoms with Crippen molar-refractivity contribution < 1.29 is 8.78 Å². The minimum atomic E-state index is -1.00. The minimum absolute atomic E-state index is 0.0238. The van der Waals surface area contributed by atoms with Crippen LogP contribution in [0.1, 0.15) is 0 Å². The highest BCUT2D eigenvalue weighted by Crippen LogP contribution is 2.30. The van der Waals surface area contributed by atoms with Crippen LogP contribution >= 0.6 is 0 Å². The third kappa shape index (κ3) is 4.00. The molecule has 4 aromatic rings. The fourth-order valence-corrected chi connectivity index (χ4v) is 3.90. The minimum Gasteiger partial charge on any atom is -0.382 e. The van der Waals surface area contributed by atoms with Gasteiger partial charge in [0, 0.05) is 37.4 Å². The Labute approximate surface area is 189 Å². The van der Waals surface area contributed by atoms with Crippen molar-refractivity contribution in [2.24, 2.45) is 0 Å². The number of piperazine rings is 1. The lowest BCUT2D eigenvalue weighted by Crippen LogP contribution is -2.44. The van der Waals surface area contributed by atoms with E-state index in [4.69, 9.17) is 5.73 Å². The Morgan fingerprint density at radius 1 is 0.909 bits per heavy atom. The molecule has 1 aliphatic rings. The summed E-state index contributed by atoms with van der Waals surface area (Å²) in [5, 5.41) is 16.2. The number of halogens is 2. The van der Waals surface area contributed by atoms with Crippen LogP contribution in [0.5, 0.6) is 0 Å². The van der Waals surface area contributed by atoms with Gasteiger partial charge >= 0.3 is 0 Å². The van der Waals surface area contributed by atoms with E-state index in [-0.39, 0.29) is 17.3 Å². The Hall–Kier alpha value is -3.92. The van der Waals surface area contributed by atoms with Gasteiger partial charge in [0.15, 0.2) is 23.3 Å². The van der Waals surface area contributed by atoms with Crippen molar-refractivity contribution in [2.45, 2.75) is 0 Å². The van der Waals surface area contributed by atoms with Crippen molar-refractivity contribution in [2.75, 3.05) is 43.9 Å². The molecule has 168 valence electrons. The molecule has 0 bridgehead atoms. The number of rotatable bonds is 4. The van der Waals surface area contributed by atoms with E-state index in [1.54, 1.807) is 6.07 Å². The number of aromatic nitrogens is 5. The molecule has 1 saturated heterocycles. The largest absolute Gasteiger partial charge is 0.382 e. The highest BCUT2D eigenvalue weighted by molar-refractivity contribution is 5.75. The molecule has 0 aliphatic carbocycles. The second-order valence-corrected chi connectivity index (χ2v) is 7.96. The lowest BCUT2D eigenvalue weighted by atomic mass is 10.1. The number of benzene rings is 2. The maximum absolute atomic E-state index is 14.4. The molecule has 1 aliphatic heterocycles. The molecule has 0 saturated carbocycles. The van der Waals surface area contributed by atoms with E-state index in [2.05, 4.69) is 49.4 Å². The Kier molecular flexibility index (Phi) is 5.43. The molecule has 0 atom stereocenters. The van der Waals surface area contributed by atoms with Crippen LogP contribution in [0.2, 0.25) is 0 Å². The number of nitrogen functional groups attached to an aromatic ring is 1. The highest BCUT2D eigenvalue weighted by Gasteiger charge is 2.19. The molecule has 3 heterocycles. The average Bonchev–Trinajstić information content (AvgIpc) is 3.31. The SMILES string of the molecule is CN1CCN(c2ccc(-c3cc(-c4nncn4-c4cccc(F)c4F)c(N)nn3)cc2)CC1. The van der Waals surface area contributed by atoms with Gasteiger partial charge < -0.3 is 15.5 Å². The Morgan fingerprint density at radius 2 is 1.67 bits per heavy atom. The molecule has 5 rings (SSSR count). The summed E-state index contributed by atoms with van der Waals surface area (Å²) in [4.78, 5) is 4.66. The fourth-order valence-electron chi connectivity index (χ4n) is 3.90. The topological polar surface area (TPSA) is 89.0 Å². The van der Waals surface area contributed by atoms with Crippen molar-refractivity contribution in [3.63, 3.8) is 0 Å². The predicted octanol–water partition coefficient (Wildman–Crippen LogP) is 3.00. The summed E-state index contributed by atoms with van der Waals surface area (Å²) < 4.78 is 29.5. The monoisotopic (exact) mass is 448 g/mol. The zero-order valence-corrected chi connectivity index (χ0v) is 18.0. The molecule has 0 amide bonds. The van der Waals surface area contributed by atoms with Gasteiger partial charge in [0.05, 0.1) is 16.9 Å². The van der Waals surface area contributed by atoms with Crippen LogP contribution in [0.25, 0.3) is 28.3 Å². The quantitative estimate of drug-likeness (QED) is 0.513. The maximum atomic E-state index is 14.4. The summed E-state index contributed by atoms with van der Waals surface area (Å²) in [6, 6.07) is 13.7. The average molecular weight is 448 g/mol. The summed E-state index contributed by atoms with van der Waals surface area (Å²) in [5.74, 6) is -1.62. The fraction of sp³-hybridized carbons (Fsp3) is 0.217. The highest BCUT2D eigenvalue weighted by atomic mass is 19.2. The Balaban J connectivity index is 1.48. The van der Waals surface area contributed by atoms with E-state index in [9.17, 15) is 8.78 Å². The number of anilines is 2. The first-order valence-corrected chi connectivity index (χ1v) is 10.5. The van der Waals surface area contributed by atoms with Gasteiger partial charge in [0.2, 0.25) is 0 Å². The molecule has 0 unspecified atom stereocenters. The molecule has 1 fully saturated rings. The van der Waals surface area contributed by atoms with Gasteiger partial charge in [-0.1, -0.05) is 18.2 Å². The van der Waals surface area contributed by atoms with E-state index in [0.29, 0.717) is 11.3 Å². The molecule has 33 heavy (non-hydrogen) atoms. The van der Waals surface area contributed by atoms with E-state index in [0.717, 1.165) is 43.5 Å². The zero-order valence-electron chi connectivity index (χ0n) is 18.0. The van der Waals surface area contributed by atoms with Gasteiger partial charge in [0.1, 0.15) is 6.33 Å². The Morgan fingerprint density at radius 3 is 2.42 bits per heavy atom. The van der Waals surface area contributed by atoms with Crippen LogP contribution in [0.4, 0.5) is 20.3 Å². The van der Waals surface area contributed by atoms with Crippen LogP contribution in [0.15, 0.2) is 54.9 Å². The summed E-state index contributed by atoms with van der Waals surface area (Å²) in [5.41, 5.74) is 9.05. The van der Waals surface area contributed by atoms with Crippen molar-refractivity contribution >= 4 is 11.5 Å². The number of nitrogens with zero attached hydrogens (tertiary/aromatic N) is 7. The third-order valence-electron chi connectivity index (χ3n) is 5.83. The standard InChI is InChI=1S/C23H22F2N8/c1-31-9-11-32(12-10-31)16-7-5-15(6-8-16)19-13-17(22(26)29-28-19)23-30-27-14-33(23)20-4-2-3-18(24)21(20)25/h2-8,13-14H,9-12H2,1H3,(H2,26,29). The first-order chi connectivity index (χ1) is 16.0. The molecular weight excluding hydrogens is 426 g/mol. The van der Waals surface area contributed by atoms with Crippen LogP contribution in [0.3, 0.4) is 0 Å². The van der Waals surface area contributed by atoms with Crippen molar-refractivity contribution in [3.05, 3.63) is 66.5 Å². The first-order valence-electron chi connectivity index (χ1n) is 10.5. The number of hydrogen-bond acceptors (Lipinski definition) is 7. The molecule has 10 heteroatoms. The number of nitrogens with two attached hydrogens (primary N) is 1. The second kappa shape index (κ2) is 8.55. The Bertz CT molecular complexity index is 1280. The lowest BCUT2D eigenvalue weighted by molar-refractivity contribution is 0.313. The van der Waals surface area contributed by atoms with Crippen LogP contribution in [-0.4, -0.2) is 63.1 Å². The van der Waals surface area contributed by atoms with E-state index in [1.165, 1.54) is 23.0 Å². The molecule has 0 radical (unpaired) electrons. The van der Waals surface area contributed by atoms with E-state index < -0.39 is 11.6 Å². The smallest absolute Gasteiger partial charge is 0.182 e. The predicted molar refractivity (Wildman–Crippen MR) is 122 cm³/mol. The molecule has 2 N–H and O–H groups in total. The van der Waals surface area contributed by atoms with Gasteiger partial charge in [-0.3, -0.25) is 4.57 Å². The van der Waals surface area contributed by atoms with Crippen molar-refractivity contribution in [3.8, 4) is 28.3 Å². The van der Waals surface area contributed by atoms with Gasteiger partial charge in [-0.25, -0.2) is 8.78 Å². The maximum Gasteiger partial charge on any atom is 0.182 e. The van der Waals surface area contributed by atoms with E-state index in [1.807, 2.05) is 12.1 Å². The number of likely N-dealkylation sites (N-methyl/N-ethyl adjacent to an activating group) is 1. The summed E-state index contributed by atoms with van der Waals surface area (Å²) >= 11 is 0. The first kappa shape index (κ1) is 21.0. The van der Waals surface area contributed by atoms with Crippen molar-refractivity contribution in [1.82, 2.24) is 29.9 Å². The van der Waals surface area contributed by atoms with Gasteiger partial charge in [-0.2, -0.15) is 0 Å². The third-order valence-corrected chi connectivity index (χ3v) is 5.83. The van der Waals surface area contributed by atoms with Crippen molar-refractivity contribution in [1.29, 1.82) is 0 Å². The lowest BCUT2D eigenvalue weighted by Gasteiger charge is -2.34. The second-order valence-electron chi connectivity index (χ2n) is 7.96. The zero-order chi connectivity index (χ0) is 22.9. The molecule has 2 aromatic heterocycles. The van der Waals surface area contributed by atoms with Crippen LogP contribution < -0.4 is 10.6 Å². The van der Waals surface area contributed by atoms with Crippen LogP contribution in [-0.2, 0) is 0 Å². The summed E-state index contributed by atoms with van der Waals surface area (Å²) in [6.07, 6.45) is 1.30. The van der Waals surface area contributed by atoms with Gasteiger partial charge in [-0.15, -0.1) is 20.4 Å². The number of hydrogen-bond donors (Lipinski definition) is 1. The van der Waals surface area contributed by atoms with Gasteiger partial charge in [-0.05, 0) is 37.4 Å². The molecule has 2 aromatic carbocycles. The molecular formula is C23H22F2N8. The normalized spacial score (nSPS) is 14.6.